The quantitative estimate of drug-likeness (QED) is 0.766. The summed E-state index contributed by atoms with van der Waals surface area (Å²) in [5.74, 6) is -2.05. The largest absolute Gasteiger partial charge is 0.351 e. The second kappa shape index (κ2) is 7.75. The maximum atomic E-state index is 13.0. The van der Waals surface area contributed by atoms with Gasteiger partial charge in [-0.05, 0) is 38.1 Å². The average Bonchev–Trinajstić information content (AvgIpc) is 3.02. The smallest absolute Gasteiger partial charge is 0.263 e. The lowest BCUT2D eigenvalue weighted by Gasteiger charge is -2.17. The molecular weight excluding hydrogens is 371 g/mol. The fourth-order valence-electron chi connectivity index (χ4n) is 2.44. The van der Waals surface area contributed by atoms with Crippen LogP contribution in [0.5, 0.6) is 0 Å². The molecular formula is C18H17FN4O3S. The highest BCUT2D eigenvalue weighted by atomic mass is 32.1. The summed E-state index contributed by atoms with van der Waals surface area (Å²) in [7, 11) is 0. The van der Waals surface area contributed by atoms with Crippen molar-refractivity contribution in [1.82, 2.24) is 15.6 Å². The minimum atomic E-state index is -0.784. The van der Waals surface area contributed by atoms with Crippen LogP contribution in [0.4, 0.5) is 4.39 Å². The number of amidine groups is 1. The van der Waals surface area contributed by atoms with Gasteiger partial charge in [-0.25, -0.2) is 9.37 Å². The summed E-state index contributed by atoms with van der Waals surface area (Å²) in [5.41, 5.74) is 1.31. The summed E-state index contributed by atoms with van der Waals surface area (Å²) in [6.07, 6.45) is 0.235. The van der Waals surface area contributed by atoms with E-state index in [0.717, 1.165) is 5.56 Å². The number of benzene rings is 1. The van der Waals surface area contributed by atoms with E-state index >= 15 is 0 Å². The highest BCUT2D eigenvalue weighted by molar-refractivity contribution is 7.17. The van der Waals surface area contributed by atoms with E-state index in [-0.39, 0.29) is 30.5 Å². The van der Waals surface area contributed by atoms with E-state index in [1.807, 2.05) is 0 Å². The highest BCUT2D eigenvalue weighted by Gasteiger charge is 2.27. The molecule has 0 radical (unpaired) electrons. The van der Waals surface area contributed by atoms with Crippen molar-refractivity contribution in [2.75, 3.05) is 6.54 Å². The van der Waals surface area contributed by atoms with Crippen LogP contribution in [0.3, 0.4) is 0 Å². The lowest BCUT2D eigenvalue weighted by atomic mass is 10.1. The molecule has 1 unspecified atom stereocenters. The van der Waals surface area contributed by atoms with Gasteiger partial charge in [0.15, 0.2) is 0 Å². The van der Waals surface area contributed by atoms with Crippen LogP contribution in [0, 0.1) is 18.7 Å². The summed E-state index contributed by atoms with van der Waals surface area (Å²) in [6, 6.07) is 5.90. The van der Waals surface area contributed by atoms with Gasteiger partial charge >= 0.3 is 0 Å². The molecule has 1 aromatic carbocycles. The standard InChI is InChI=1S/C18H17FN4O3S/c1-9-15(24)22-13(23-16(9)25)7-8-20-17(26)14-10(2)21-18(27-14)11-3-5-12(19)6-4-11/h3-6,9H,7-8H2,1-2H3,(H,20,26)(H,22,23,24,25). The Bertz CT molecular complexity index is 937. The van der Waals surface area contributed by atoms with E-state index in [1.165, 1.54) is 30.4 Å². The van der Waals surface area contributed by atoms with Crippen molar-refractivity contribution in [3.8, 4) is 10.6 Å². The zero-order valence-electron chi connectivity index (χ0n) is 14.7. The molecule has 3 rings (SSSR count). The lowest BCUT2D eigenvalue weighted by Crippen LogP contribution is -2.43. The van der Waals surface area contributed by atoms with Crippen LogP contribution < -0.4 is 10.6 Å². The molecule has 0 fully saturated rings. The Morgan fingerprint density at radius 2 is 2.00 bits per heavy atom. The predicted molar refractivity (Wildman–Crippen MR) is 98.9 cm³/mol. The Morgan fingerprint density at radius 3 is 2.67 bits per heavy atom. The molecule has 0 bridgehead atoms. The van der Waals surface area contributed by atoms with Crippen LogP contribution in [-0.4, -0.2) is 35.1 Å². The molecule has 2 aromatic rings. The number of hydrogen-bond acceptors (Lipinski definition) is 5. The molecule has 9 heteroatoms. The highest BCUT2D eigenvalue weighted by Crippen LogP contribution is 2.28. The number of halogens is 1. The summed E-state index contributed by atoms with van der Waals surface area (Å²) in [4.78, 5) is 44.2. The summed E-state index contributed by atoms with van der Waals surface area (Å²) in [5, 5.41) is 5.91. The van der Waals surface area contributed by atoms with Crippen molar-refractivity contribution in [3.05, 3.63) is 40.7 Å². The molecule has 2 heterocycles. The van der Waals surface area contributed by atoms with Crippen LogP contribution >= 0.6 is 11.3 Å². The van der Waals surface area contributed by atoms with E-state index in [0.29, 0.717) is 15.6 Å². The maximum Gasteiger partial charge on any atom is 0.263 e. The fraction of sp³-hybridized carbons (Fsp3) is 0.278. The SMILES string of the molecule is Cc1nc(-c2ccc(F)cc2)sc1C(=O)NCCC1=NC(=O)C(C)C(=O)N1. The summed E-state index contributed by atoms with van der Waals surface area (Å²) < 4.78 is 13.0. The molecule has 0 spiro atoms. The number of aliphatic imine (C=N–C) groups is 1. The first-order chi connectivity index (χ1) is 12.8. The molecule has 0 saturated heterocycles. The minimum Gasteiger partial charge on any atom is -0.351 e. The van der Waals surface area contributed by atoms with Gasteiger partial charge in [-0.15, -0.1) is 11.3 Å². The topological polar surface area (TPSA) is 101 Å². The van der Waals surface area contributed by atoms with Crippen molar-refractivity contribution in [3.63, 3.8) is 0 Å². The molecule has 1 aliphatic heterocycles. The maximum absolute atomic E-state index is 13.0. The number of nitrogens with zero attached hydrogens (tertiary/aromatic N) is 2. The number of amides is 3. The van der Waals surface area contributed by atoms with Crippen molar-refractivity contribution in [2.24, 2.45) is 10.9 Å². The molecule has 0 saturated carbocycles. The Kier molecular flexibility index (Phi) is 5.41. The van der Waals surface area contributed by atoms with Crippen LogP contribution in [0.15, 0.2) is 29.3 Å². The molecule has 140 valence electrons. The first kappa shape index (κ1) is 18.8. The molecule has 2 N–H and O–H groups in total. The monoisotopic (exact) mass is 388 g/mol. The van der Waals surface area contributed by atoms with Gasteiger partial charge < -0.3 is 10.6 Å². The minimum absolute atomic E-state index is 0.211. The normalized spacial score (nSPS) is 16.7. The van der Waals surface area contributed by atoms with Gasteiger partial charge in [0, 0.05) is 18.5 Å². The Labute approximate surface area is 158 Å². The molecule has 0 aliphatic carbocycles. The fourth-order valence-corrected chi connectivity index (χ4v) is 3.42. The van der Waals surface area contributed by atoms with Gasteiger partial charge in [-0.1, -0.05) is 0 Å². The number of carbonyl (C=O) groups excluding carboxylic acids is 3. The predicted octanol–water partition coefficient (Wildman–Crippen LogP) is 2.07. The zero-order chi connectivity index (χ0) is 19.6. The lowest BCUT2D eigenvalue weighted by molar-refractivity contribution is -0.132. The van der Waals surface area contributed by atoms with E-state index in [4.69, 9.17) is 0 Å². The van der Waals surface area contributed by atoms with E-state index in [1.54, 1.807) is 19.1 Å². The third-order valence-corrected chi connectivity index (χ3v) is 5.22. The number of aryl methyl sites for hydroxylation is 1. The molecule has 1 aliphatic rings. The molecule has 27 heavy (non-hydrogen) atoms. The average molecular weight is 388 g/mol. The number of carbonyl (C=O) groups is 3. The van der Waals surface area contributed by atoms with Gasteiger partial charge in [0.1, 0.15) is 27.5 Å². The van der Waals surface area contributed by atoms with Gasteiger partial charge in [0.2, 0.25) is 5.91 Å². The molecule has 7 nitrogen and oxygen atoms in total. The van der Waals surface area contributed by atoms with Gasteiger partial charge in [-0.3, -0.25) is 14.4 Å². The van der Waals surface area contributed by atoms with Crippen LogP contribution in [0.1, 0.15) is 28.7 Å². The molecule has 1 atom stereocenters. The van der Waals surface area contributed by atoms with Crippen molar-refractivity contribution < 1.29 is 18.8 Å². The van der Waals surface area contributed by atoms with Crippen molar-refractivity contribution in [2.45, 2.75) is 20.3 Å². The van der Waals surface area contributed by atoms with Crippen molar-refractivity contribution >= 4 is 34.9 Å². The van der Waals surface area contributed by atoms with E-state index in [2.05, 4.69) is 20.6 Å². The van der Waals surface area contributed by atoms with Gasteiger partial charge in [-0.2, -0.15) is 4.99 Å². The summed E-state index contributed by atoms with van der Waals surface area (Å²) >= 11 is 1.21. The zero-order valence-corrected chi connectivity index (χ0v) is 15.5. The van der Waals surface area contributed by atoms with E-state index in [9.17, 15) is 18.8 Å². The number of rotatable bonds is 5. The Hall–Kier alpha value is -2.94. The van der Waals surface area contributed by atoms with Crippen molar-refractivity contribution in [1.29, 1.82) is 0 Å². The summed E-state index contributed by atoms with van der Waals surface area (Å²) in [6.45, 7) is 3.43. The van der Waals surface area contributed by atoms with Gasteiger partial charge in [0.25, 0.3) is 11.8 Å². The molecule has 3 amide bonds. The Balaban J connectivity index is 1.62. The van der Waals surface area contributed by atoms with Gasteiger partial charge in [0.05, 0.1) is 5.69 Å². The third kappa shape index (κ3) is 4.25. The first-order valence-corrected chi connectivity index (χ1v) is 9.10. The molecule has 1 aromatic heterocycles. The number of thiazole rings is 1. The van der Waals surface area contributed by atoms with Crippen LogP contribution in [0.25, 0.3) is 10.6 Å². The number of aromatic nitrogens is 1. The second-order valence-electron chi connectivity index (χ2n) is 6.05. The first-order valence-electron chi connectivity index (χ1n) is 8.29. The van der Waals surface area contributed by atoms with Crippen LogP contribution in [0.2, 0.25) is 0 Å². The third-order valence-electron chi connectivity index (χ3n) is 4.02. The number of nitrogens with one attached hydrogen (secondary N) is 2. The van der Waals surface area contributed by atoms with E-state index < -0.39 is 17.7 Å². The number of hydrogen-bond donors (Lipinski definition) is 2. The van der Waals surface area contributed by atoms with Crippen LogP contribution in [-0.2, 0) is 9.59 Å². The second-order valence-corrected chi connectivity index (χ2v) is 7.05. The Morgan fingerprint density at radius 1 is 1.30 bits per heavy atom.